The van der Waals surface area contributed by atoms with E-state index in [2.05, 4.69) is 57.4 Å². The Bertz CT molecular complexity index is 900. The van der Waals surface area contributed by atoms with E-state index < -0.39 is 18.1 Å². The van der Waals surface area contributed by atoms with Crippen LogP contribution in [-0.4, -0.2) is 40.4 Å². The number of phenolic OH excluding ortho intramolecular Hbond substituents is 1. The number of ether oxygens (including phenoxy) is 1. The van der Waals surface area contributed by atoms with Gasteiger partial charge in [0.05, 0.1) is 5.69 Å². The molecule has 0 spiro atoms. The van der Waals surface area contributed by atoms with E-state index in [4.69, 9.17) is 4.74 Å². The van der Waals surface area contributed by atoms with Crippen LogP contribution in [0.3, 0.4) is 0 Å². The number of carbonyl (C=O) groups is 1. The summed E-state index contributed by atoms with van der Waals surface area (Å²) < 4.78 is 5.68. The third-order valence-corrected chi connectivity index (χ3v) is 5.33. The maximum absolute atomic E-state index is 12.3. The number of hydrogen-bond donors (Lipinski definition) is 4. The van der Waals surface area contributed by atoms with Crippen LogP contribution in [0.5, 0.6) is 11.5 Å². The second-order valence-electron chi connectivity index (χ2n) is 8.59. The highest BCUT2D eigenvalue weighted by molar-refractivity contribution is 5.98. The van der Waals surface area contributed by atoms with Crippen molar-refractivity contribution in [1.29, 1.82) is 0 Å². The number of rotatable bonds is 6. The number of aliphatic hydroxyl groups is 1. The van der Waals surface area contributed by atoms with Crippen LogP contribution in [-0.2, 0) is 11.2 Å². The minimum atomic E-state index is -1.02. The Balaban J connectivity index is 1.64. The largest absolute Gasteiger partial charge is 0.508 e. The van der Waals surface area contributed by atoms with Crippen LogP contribution in [0.4, 0.5) is 5.69 Å². The molecule has 0 aromatic heterocycles. The van der Waals surface area contributed by atoms with Crippen LogP contribution in [0.25, 0.3) is 0 Å². The molecule has 0 bridgehead atoms. The lowest BCUT2D eigenvalue weighted by Crippen LogP contribution is -2.53. The van der Waals surface area contributed by atoms with E-state index in [0.29, 0.717) is 11.4 Å². The summed E-state index contributed by atoms with van der Waals surface area (Å²) in [5.41, 5.74) is 5.18. The molecule has 3 rings (SSSR count). The van der Waals surface area contributed by atoms with Gasteiger partial charge in [0.25, 0.3) is 5.91 Å². The van der Waals surface area contributed by atoms with Crippen molar-refractivity contribution < 1.29 is 19.7 Å². The summed E-state index contributed by atoms with van der Waals surface area (Å²) in [6, 6.07) is 8.84. The zero-order chi connectivity index (χ0) is 21.3. The molecule has 1 amide bonds. The van der Waals surface area contributed by atoms with E-state index in [-0.39, 0.29) is 17.8 Å². The molecule has 0 saturated heterocycles. The van der Waals surface area contributed by atoms with Gasteiger partial charge in [-0.05, 0) is 69.9 Å². The van der Waals surface area contributed by atoms with Crippen LogP contribution < -0.4 is 15.4 Å². The van der Waals surface area contributed by atoms with Crippen molar-refractivity contribution in [2.75, 3.05) is 11.9 Å². The molecule has 4 N–H and O–H groups in total. The first kappa shape index (κ1) is 21.1. The van der Waals surface area contributed by atoms with Gasteiger partial charge in [0.2, 0.25) is 6.10 Å². The highest BCUT2D eigenvalue weighted by Crippen LogP contribution is 2.33. The molecule has 156 valence electrons. The molecule has 0 aliphatic carbocycles. The lowest BCUT2D eigenvalue weighted by Gasteiger charge is -2.33. The van der Waals surface area contributed by atoms with Gasteiger partial charge in [0.15, 0.2) is 0 Å². The maximum Gasteiger partial charge on any atom is 0.268 e. The Morgan fingerprint density at radius 3 is 2.48 bits per heavy atom. The highest BCUT2D eigenvalue weighted by atomic mass is 16.5. The van der Waals surface area contributed by atoms with Crippen LogP contribution in [0.15, 0.2) is 30.3 Å². The fraction of sp³-hybridized carbons (Fsp3) is 0.435. The second kappa shape index (κ2) is 8.05. The fourth-order valence-electron chi connectivity index (χ4n) is 3.85. The van der Waals surface area contributed by atoms with Crippen molar-refractivity contribution >= 4 is 11.6 Å². The van der Waals surface area contributed by atoms with Crippen molar-refractivity contribution in [3.8, 4) is 11.5 Å². The number of aryl methyl sites for hydroxylation is 3. The summed E-state index contributed by atoms with van der Waals surface area (Å²) in [4.78, 5) is 12.3. The lowest BCUT2D eigenvalue weighted by molar-refractivity contribution is -0.128. The van der Waals surface area contributed by atoms with Gasteiger partial charge >= 0.3 is 0 Å². The number of anilines is 1. The molecule has 2 aromatic rings. The van der Waals surface area contributed by atoms with Gasteiger partial charge in [-0.25, -0.2) is 0 Å². The van der Waals surface area contributed by atoms with Gasteiger partial charge in [-0.1, -0.05) is 17.7 Å². The molecule has 2 aromatic carbocycles. The summed E-state index contributed by atoms with van der Waals surface area (Å²) in [5.74, 6) is 0.0359. The predicted molar refractivity (Wildman–Crippen MR) is 114 cm³/mol. The number of carbonyl (C=O) groups excluding carboxylic acids is 1. The Kier molecular flexibility index (Phi) is 5.87. The van der Waals surface area contributed by atoms with Crippen molar-refractivity contribution in [2.45, 2.75) is 58.8 Å². The van der Waals surface area contributed by atoms with Crippen LogP contribution in [0, 0.1) is 20.8 Å². The first-order valence-corrected chi connectivity index (χ1v) is 9.86. The molecule has 1 aliphatic rings. The van der Waals surface area contributed by atoms with E-state index in [1.807, 2.05) is 0 Å². The van der Waals surface area contributed by atoms with Gasteiger partial charge < -0.3 is 25.6 Å². The third-order valence-electron chi connectivity index (χ3n) is 5.33. The topological polar surface area (TPSA) is 90.8 Å². The average Bonchev–Trinajstić information content (AvgIpc) is 2.62. The summed E-state index contributed by atoms with van der Waals surface area (Å²) >= 11 is 0. The van der Waals surface area contributed by atoms with Crippen molar-refractivity contribution in [2.24, 2.45) is 0 Å². The van der Waals surface area contributed by atoms with Gasteiger partial charge in [-0.2, -0.15) is 0 Å². The third kappa shape index (κ3) is 4.89. The number of aliphatic hydroxyl groups excluding tert-OH is 1. The monoisotopic (exact) mass is 398 g/mol. The molecular formula is C23H30N2O4. The van der Waals surface area contributed by atoms with Crippen LogP contribution in [0.2, 0.25) is 0 Å². The molecule has 0 radical (unpaired) electrons. The minimum absolute atomic E-state index is 0.0387. The van der Waals surface area contributed by atoms with E-state index >= 15 is 0 Å². The molecule has 29 heavy (non-hydrogen) atoms. The molecule has 1 aliphatic heterocycles. The molecule has 1 heterocycles. The highest BCUT2D eigenvalue weighted by Gasteiger charge is 2.35. The summed E-state index contributed by atoms with van der Waals surface area (Å²) in [5, 5.41) is 26.2. The number of amides is 1. The maximum atomic E-state index is 12.3. The Morgan fingerprint density at radius 1 is 1.17 bits per heavy atom. The van der Waals surface area contributed by atoms with Crippen LogP contribution in [0.1, 0.15) is 36.1 Å². The first-order chi connectivity index (χ1) is 13.6. The summed E-state index contributed by atoms with van der Waals surface area (Å²) in [7, 11) is 0. The second-order valence-corrected chi connectivity index (χ2v) is 8.59. The van der Waals surface area contributed by atoms with Gasteiger partial charge in [-0.3, -0.25) is 4.79 Å². The molecule has 0 fully saturated rings. The number of hydrogen-bond acceptors (Lipinski definition) is 5. The first-order valence-electron chi connectivity index (χ1n) is 9.86. The standard InChI is InChI=1S/C23H30N2O4/c1-13-8-14(2)17(15(3)9-13)11-23(4,5)24-12-19(27)21-22(28)25-18-10-16(26)6-7-20(18)29-21/h6-10,19,21,24,26-27H,11-12H2,1-5H3,(H,25,28). The van der Waals surface area contributed by atoms with Crippen molar-refractivity contribution in [3.63, 3.8) is 0 Å². The molecule has 0 saturated carbocycles. The molecule has 2 unspecified atom stereocenters. The Hall–Kier alpha value is -2.57. The number of phenols is 1. The Morgan fingerprint density at radius 2 is 1.83 bits per heavy atom. The minimum Gasteiger partial charge on any atom is -0.508 e. The molecule has 6 heteroatoms. The van der Waals surface area contributed by atoms with Gasteiger partial charge in [-0.15, -0.1) is 0 Å². The van der Waals surface area contributed by atoms with E-state index in [0.717, 1.165) is 6.42 Å². The predicted octanol–water partition coefficient (Wildman–Crippen LogP) is 2.99. The zero-order valence-electron chi connectivity index (χ0n) is 17.7. The van der Waals surface area contributed by atoms with E-state index in [1.54, 1.807) is 6.07 Å². The zero-order valence-corrected chi connectivity index (χ0v) is 17.7. The molecule has 6 nitrogen and oxygen atoms in total. The summed E-state index contributed by atoms with van der Waals surface area (Å²) in [6.07, 6.45) is -1.23. The van der Waals surface area contributed by atoms with Crippen LogP contribution >= 0.6 is 0 Å². The quantitative estimate of drug-likeness (QED) is 0.601. The van der Waals surface area contributed by atoms with Gasteiger partial charge in [0.1, 0.15) is 17.6 Å². The number of nitrogens with one attached hydrogen (secondary N) is 2. The molecule has 2 atom stereocenters. The summed E-state index contributed by atoms with van der Waals surface area (Å²) in [6.45, 7) is 10.7. The van der Waals surface area contributed by atoms with E-state index in [9.17, 15) is 15.0 Å². The molecular weight excluding hydrogens is 368 g/mol. The van der Waals surface area contributed by atoms with Gasteiger partial charge in [0, 0.05) is 18.2 Å². The number of aromatic hydroxyl groups is 1. The smallest absolute Gasteiger partial charge is 0.268 e. The average molecular weight is 399 g/mol. The lowest BCUT2D eigenvalue weighted by atomic mass is 9.88. The Labute approximate surface area is 171 Å². The van der Waals surface area contributed by atoms with Crippen molar-refractivity contribution in [3.05, 3.63) is 52.6 Å². The number of benzene rings is 2. The van der Waals surface area contributed by atoms with Crippen molar-refractivity contribution in [1.82, 2.24) is 5.32 Å². The number of fused-ring (bicyclic) bond motifs is 1. The fourth-order valence-corrected chi connectivity index (χ4v) is 3.85. The normalized spacial score (nSPS) is 17.3. The van der Waals surface area contributed by atoms with E-state index in [1.165, 1.54) is 34.4 Å². The number of β-amino-alcohol motifs (C(OH)–C–C–N with tert-alkyl or cyclic N) is 1. The SMILES string of the molecule is Cc1cc(C)c(CC(C)(C)NCC(O)C2Oc3ccc(O)cc3NC2=O)c(C)c1.